The third-order valence-electron chi connectivity index (χ3n) is 3.63. The number of hydrogen-bond acceptors (Lipinski definition) is 4. The largest absolute Gasteiger partial charge is 0.336 e. The fourth-order valence-electron chi connectivity index (χ4n) is 2.26. The van der Waals surface area contributed by atoms with E-state index in [0.29, 0.717) is 22.1 Å². The molecular weight excluding hydrogens is 344 g/mol. The summed E-state index contributed by atoms with van der Waals surface area (Å²) in [6.45, 7) is 2.49. The molecule has 0 bridgehead atoms. The molecule has 126 valence electrons. The highest BCUT2D eigenvalue weighted by Gasteiger charge is 2.17. The Hall–Kier alpha value is -2.07. The van der Waals surface area contributed by atoms with Gasteiger partial charge in [0.25, 0.3) is 0 Å². The number of carbonyl (C=O) groups excluding carboxylic acids is 1. The quantitative estimate of drug-likeness (QED) is 0.844. The number of anilines is 1. The van der Waals surface area contributed by atoms with Crippen molar-refractivity contribution < 1.29 is 4.79 Å². The van der Waals surface area contributed by atoms with Crippen LogP contribution < -0.4 is 10.6 Å². The summed E-state index contributed by atoms with van der Waals surface area (Å²) in [5.74, 6) is 0. The summed E-state index contributed by atoms with van der Waals surface area (Å²) < 4.78 is 0. The van der Waals surface area contributed by atoms with Gasteiger partial charge in [0, 0.05) is 11.9 Å². The zero-order valence-corrected chi connectivity index (χ0v) is 15.3. The van der Waals surface area contributed by atoms with Gasteiger partial charge in [0.1, 0.15) is 16.6 Å². The fourth-order valence-corrected chi connectivity index (χ4v) is 3.35. The molecule has 1 heterocycles. The van der Waals surface area contributed by atoms with Crippen LogP contribution in [0.4, 0.5) is 9.80 Å². The highest BCUT2D eigenvalue weighted by atomic mass is 35.5. The topological polar surface area (TPSA) is 68.2 Å². The van der Waals surface area contributed by atoms with E-state index in [-0.39, 0.29) is 12.1 Å². The van der Waals surface area contributed by atoms with Crippen LogP contribution in [0.15, 0.2) is 29.6 Å². The summed E-state index contributed by atoms with van der Waals surface area (Å²) in [6.07, 6.45) is 0. The van der Waals surface area contributed by atoms with Crippen molar-refractivity contribution in [1.82, 2.24) is 10.2 Å². The first kappa shape index (κ1) is 18.3. The van der Waals surface area contributed by atoms with Gasteiger partial charge in [-0.1, -0.05) is 41.4 Å². The van der Waals surface area contributed by atoms with Crippen molar-refractivity contribution in [3.05, 3.63) is 51.4 Å². The molecule has 2 N–H and O–H groups in total. The number of nitrogens with zero attached hydrogens (tertiary/aromatic N) is 2. The minimum absolute atomic E-state index is 0.0544. The third-order valence-corrected chi connectivity index (χ3v) is 4.95. The van der Waals surface area contributed by atoms with Crippen molar-refractivity contribution >= 4 is 34.0 Å². The average Bonchev–Trinajstić information content (AvgIpc) is 2.88. The number of likely N-dealkylation sites (N-methyl/N-ethyl adjacent to an activating group) is 1. The van der Waals surface area contributed by atoms with E-state index in [1.165, 1.54) is 16.9 Å². The first-order chi connectivity index (χ1) is 11.4. The lowest BCUT2D eigenvalue weighted by atomic mass is 10.0. The Balaban J connectivity index is 2.00. The number of aryl methyl sites for hydroxylation is 1. The molecule has 5 nitrogen and oxygen atoms in total. The minimum atomic E-state index is -0.357. The maximum Gasteiger partial charge on any atom is 0.319 e. The number of nitriles is 1. The Morgan fingerprint density at radius 2 is 2.04 bits per heavy atom. The van der Waals surface area contributed by atoms with Crippen LogP contribution in [0.2, 0.25) is 5.02 Å². The average molecular weight is 363 g/mol. The first-order valence-corrected chi connectivity index (χ1v) is 8.63. The van der Waals surface area contributed by atoms with Gasteiger partial charge >= 0.3 is 6.03 Å². The van der Waals surface area contributed by atoms with E-state index in [1.54, 1.807) is 5.38 Å². The van der Waals surface area contributed by atoms with E-state index in [1.807, 2.05) is 32.0 Å². The predicted octanol–water partition coefficient (Wildman–Crippen LogP) is 4.01. The van der Waals surface area contributed by atoms with Crippen LogP contribution in [0.1, 0.15) is 22.7 Å². The number of thiophene rings is 1. The maximum atomic E-state index is 12.1. The normalized spacial score (nSPS) is 11.8. The molecule has 1 aromatic heterocycles. The lowest BCUT2D eigenvalue weighted by Gasteiger charge is -2.25. The number of rotatable bonds is 5. The van der Waals surface area contributed by atoms with Crippen molar-refractivity contribution in [2.75, 3.05) is 26.0 Å². The highest BCUT2D eigenvalue weighted by Crippen LogP contribution is 2.30. The van der Waals surface area contributed by atoms with Gasteiger partial charge in [-0.25, -0.2) is 4.79 Å². The second-order valence-corrected chi connectivity index (χ2v) is 6.91. The molecule has 0 saturated heterocycles. The molecule has 1 atom stereocenters. The number of urea groups is 1. The second-order valence-electron chi connectivity index (χ2n) is 5.62. The molecule has 1 aromatic carbocycles. The smallest absolute Gasteiger partial charge is 0.319 e. The summed E-state index contributed by atoms with van der Waals surface area (Å²) in [5.41, 5.74) is 2.61. The zero-order chi connectivity index (χ0) is 17.7. The predicted molar refractivity (Wildman–Crippen MR) is 98.7 cm³/mol. The Labute approximate surface area is 150 Å². The molecule has 0 radical (unpaired) electrons. The SMILES string of the molecule is Cc1ccc(C(CNC(=O)Nc2scc(Cl)c2C#N)N(C)C)cc1. The van der Waals surface area contributed by atoms with E-state index in [9.17, 15) is 4.79 Å². The van der Waals surface area contributed by atoms with Gasteiger partial charge in [0.2, 0.25) is 0 Å². The number of nitrogens with one attached hydrogen (secondary N) is 2. The number of halogens is 1. The summed E-state index contributed by atoms with van der Waals surface area (Å²) in [5, 5.41) is 17.0. The lowest BCUT2D eigenvalue weighted by Crippen LogP contribution is -2.36. The van der Waals surface area contributed by atoms with Gasteiger partial charge in [-0.3, -0.25) is 5.32 Å². The van der Waals surface area contributed by atoms with Crippen LogP contribution in [-0.4, -0.2) is 31.6 Å². The Bertz CT molecular complexity index is 749. The molecule has 0 spiro atoms. The van der Waals surface area contributed by atoms with Crippen molar-refractivity contribution in [1.29, 1.82) is 5.26 Å². The number of hydrogen-bond donors (Lipinski definition) is 2. The summed E-state index contributed by atoms with van der Waals surface area (Å²) >= 11 is 7.13. The van der Waals surface area contributed by atoms with Gasteiger partial charge in [0.15, 0.2) is 0 Å². The second kappa shape index (κ2) is 8.15. The van der Waals surface area contributed by atoms with Crippen molar-refractivity contribution in [2.24, 2.45) is 0 Å². The summed E-state index contributed by atoms with van der Waals surface area (Å²) in [6, 6.07) is 9.92. The van der Waals surface area contributed by atoms with E-state index >= 15 is 0 Å². The first-order valence-electron chi connectivity index (χ1n) is 7.37. The number of carbonyl (C=O) groups is 1. The molecule has 7 heteroatoms. The molecule has 0 aliphatic carbocycles. The van der Waals surface area contributed by atoms with Crippen LogP contribution in [0.5, 0.6) is 0 Å². The van der Waals surface area contributed by atoms with E-state index in [4.69, 9.17) is 16.9 Å². The number of amides is 2. The van der Waals surface area contributed by atoms with Crippen LogP contribution in [0.25, 0.3) is 0 Å². The van der Waals surface area contributed by atoms with Gasteiger partial charge in [0.05, 0.1) is 11.1 Å². The fraction of sp³-hybridized carbons (Fsp3) is 0.294. The lowest BCUT2D eigenvalue weighted by molar-refractivity contribution is 0.243. The maximum absolute atomic E-state index is 12.1. The van der Waals surface area contributed by atoms with Gasteiger partial charge in [-0.05, 0) is 26.6 Å². The van der Waals surface area contributed by atoms with Crippen LogP contribution in [0.3, 0.4) is 0 Å². The molecule has 1 unspecified atom stereocenters. The van der Waals surface area contributed by atoms with Gasteiger partial charge in [-0.15, -0.1) is 11.3 Å². The molecule has 2 rings (SSSR count). The molecule has 0 aliphatic rings. The van der Waals surface area contributed by atoms with Crippen molar-refractivity contribution in [3.63, 3.8) is 0 Å². The minimum Gasteiger partial charge on any atom is -0.336 e. The van der Waals surface area contributed by atoms with Crippen LogP contribution in [-0.2, 0) is 0 Å². The molecule has 0 aliphatic heterocycles. The van der Waals surface area contributed by atoms with Crippen LogP contribution in [0, 0.1) is 18.3 Å². The van der Waals surface area contributed by atoms with E-state index < -0.39 is 0 Å². The molecule has 2 aromatic rings. The Kier molecular flexibility index (Phi) is 6.21. The Morgan fingerprint density at radius 1 is 1.38 bits per heavy atom. The molecule has 0 fully saturated rings. The standard InChI is InChI=1S/C17H19ClN4OS/c1-11-4-6-12(7-5-11)15(22(2)3)9-20-17(23)21-16-13(8-19)14(18)10-24-16/h4-7,10,15H,9H2,1-3H3,(H2,20,21,23). The highest BCUT2D eigenvalue weighted by molar-refractivity contribution is 7.15. The summed E-state index contributed by atoms with van der Waals surface area (Å²) in [7, 11) is 3.94. The zero-order valence-electron chi connectivity index (χ0n) is 13.8. The number of benzene rings is 1. The van der Waals surface area contributed by atoms with Crippen molar-refractivity contribution in [2.45, 2.75) is 13.0 Å². The molecule has 0 saturated carbocycles. The third kappa shape index (κ3) is 4.48. The molecule has 24 heavy (non-hydrogen) atoms. The van der Waals surface area contributed by atoms with Crippen molar-refractivity contribution in [3.8, 4) is 6.07 Å². The summed E-state index contributed by atoms with van der Waals surface area (Å²) in [4.78, 5) is 14.2. The Morgan fingerprint density at radius 3 is 2.62 bits per heavy atom. The molecular formula is C17H19ClN4OS. The van der Waals surface area contributed by atoms with Gasteiger partial charge in [-0.2, -0.15) is 5.26 Å². The van der Waals surface area contributed by atoms with Gasteiger partial charge < -0.3 is 10.2 Å². The monoisotopic (exact) mass is 362 g/mol. The van der Waals surface area contributed by atoms with E-state index in [0.717, 1.165) is 5.56 Å². The molecule has 2 amide bonds. The van der Waals surface area contributed by atoms with E-state index in [2.05, 4.69) is 34.9 Å². The van der Waals surface area contributed by atoms with Crippen LogP contribution >= 0.6 is 22.9 Å².